The van der Waals surface area contributed by atoms with Crippen LogP contribution in [0.4, 0.5) is 0 Å². The van der Waals surface area contributed by atoms with E-state index in [1.54, 1.807) is 0 Å². The van der Waals surface area contributed by atoms with Crippen molar-refractivity contribution in [1.29, 1.82) is 0 Å². The molecule has 0 aliphatic rings. The van der Waals surface area contributed by atoms with Crippen LogP contribution in [0.2, 0.25) is 10.0 Å². The lowest BCUT2D eigenvalue weighted by atomic mass is 10.1. The summed E-state index contributed by atoms with van der Waals surface area (Å²) in [6, 6.07) is 3.75. The van der Waals surface area contributed by atoms with Gasteiger partial charge in [0, 0.05) is 15.6 Å². The molecular formula is C11H8BrCl2N. The van der Waals surface area contributed by atoms with E-state index in [9.17, 15) is 0 Å². The zero-order chi connectivity index (χ0) is 11.2. The first-order valence-corrected chi connectivity index (χ1v) is 5.97. The Morgan fingerprint density at radius 3 is 2.53 bits per heavy atom. The molecule has 0 bridgehead atoms. The summed E-state index contributed by atoms with van der Waals surface area (Å²) in [5.74, 6) is 0. The second-order valence-corrected chi connectivity index (χ2v) is 5.12. The van der Waals surface area contributed by atoms with Crippen molar-refractivity contribution in [2.45, 2.75) is 13.8 Å². The van der Waals surface area contributed by atoms with E-state index < -0.39 is 0 Å². The average Bonchev–Trinajstić information content (AvgIpc) is 2.17. The summed E-state index contributed by atoms with van der Waals surface area (Å²) in [6.45, 7) is 3.89. The number of pyridine rings is 1. The Morgan fingerprint density at radius 2 is 1.87 bits per heavy atom. The maximum Gasteiger partial charge on any atom is 0.0907 e. The number of benzene rings is 1. The molecule has 1 aromatic heterocycles. The topological polar surface area (TPSA) is 12.9 Å². The van der Waals surface area contributed by atoms with Crippen molar-refractivity contribution < 1.29 is 0 Å². The predicted octanol–water partition coefficient (Wildman–Crippen LogP) is 4.92. The number of aryl methyl sites for hydroxylation is 1. The van der Waals surface area contributed by atoms with Crippen LogP contribution in [0.15, 0.2) is 16.6 Å². The Bertz CT molecular complexity index is 552. The van der Waals surface area contributed by atoms with E-state index in [-0.39, 0.29) is 0 Å². The second-order valence-electron chi connectivity index (χ2n) is 3.42. The third-order valence-electron chi connectivity index (χ3n) is 2.42. The van der Waals surface area contributed by atoms with Crippen LogP contribution < -0.4 is 0 Å². The van der Waals surface area contributed by atoms with Gasteiger partial charge in [0.2, 0.25) is 0 Å². The first-order valence-electron chi connectivity index (χ1n) is 4.42. The molecule has 0 N–H and O–H groups in total. The quantitative estimate of drug-likeness (QED) is 0.673. The maximum atomic E-state index is 6.26. The van der Waals surface area contributed by atoms with Crippen LogP contribution in [0.25, 0.3) is 10.9 Å². The van der Waals surface area contributed by atoms with E-state index in [0.717, 1.165) is 31.7 Å². The van der Waals surface area contributed by atoms with E-state index in [1.807, 2.05) is 26.0 Å². The van der Waals surface area contributed by atoms with Crippen LogP contribution in [0.3, 0.4) is 0 Å². The van der Waals surface area contributed by atoms with Gasteiger partial charge in [0.05, 0.1) is 15.6 Å². The Kier molecular flexibility index (Phi) is 2.93. The summed E-state index contributed by atoms with van der Waals surface area (Å²) in [4.78, 5) is 4.44. The fraction of sp³-hybridized carbons (Fsp3) is 0.182. The van der Waals surface area contributed by atoms with Gasteiger partial charge in [-0.3, -0.25) is 4.98 Å². The first kappa shape index (κ1) is 11.2. The monoisotopic (exact) mass is 303 g/mol. The Morgan fingerprint density at radius 1 is 1.20 bits per heavy atom. The van der Waals surface area contributed by atoms with Gasteiger partial charge in [0.25, 0.3) is 0 Å². The molecule has 0 unspecified atom stereocenters. The molecule has 1 nitrogen and oxygen atoms in total. The number of hydrogen-bond donors (Lipinski definition) is 0. The zero-order valence-corrected chi connectivity index (χ0v) is 11.3. The molecule has 0 atom stereocenters. The molecule has 0 radical (unpaired) electrons. The molecule has 15 heavy (non-hydrogen) atoms. The van der Waals surface area contributed by atoms with Crippen molar-refractivity contribution in [3.05, 3.63) is 37.9 Å². The van der Waals surface area contributed by atoms with Gasteiger partial charge < -0.3 is 0 Å². The summed E-state index contributed by atoms with van der Waals surface area (Å²) in [5.41, 5.74) is 2.67. The predicted molar refractivity (Wildman–Crippen MR) is 68.9 cm³/mol. The van der Waals surface area contributed by atoms with Crippen molar-refractivity contribution >= 4 is 50.0 Å². The molecule has 0 amide bonds. The number of fused-ring (bicyclic) bond motifs is 1. The number of hydrogen-bond acceptors (Lipinski definition) is 1. The van der Waals surface area contributed by atoms with E-state index in [2.05, 4.69) is 20.9 Å². The highest BCUT2D eigenvalue weighted by molar-refractivity contribution is 9.10. The molecule has 0 fully saturated rings. The molecule has 0 aliphatic heterocycles. The molecule has 0 saturated carbocycles. The second kappa shape index (κ2) is 3.93. The van der Waals surface area contributed by atoms with E-state index in [0.29, 0.717) is 5.02 Å². The van der Waals surface area contributed by atoms with Gasteiger partial charge in [0.15, 0.2) is 0 Å². The molecule has 0 aliphatic carbocycles. The van der Waals surface area contributed by atoms with Gasteiger partial charge >= 0.3 is 0 Å². The minimum Gasteiger partial charge on any atom is -0.251 e. The summed E-state index contributed by atoms with van der Waals surface area (Å²) < 4.78 is 0.909. The SMILES string of the molecule is Cc1nc2c(Cl)cc(Br)cc2c(Cl)c1C. The average molecular weight is 305 g/mol. The largest absolute Gasteiger partial charge is 0.251 e. The molecule has 78 valence electrons. The van der Waals surface area contributed by atoms with Gasteiger partial charge in [0.1, 0.15) is 0 Å². The summed E-state index contributed by atoms with van der Waals surface area (Å²) in [6.07, 6.45) is 0. The van der Waals surface area contributed by atoms with Gasteiger partial charge in [-0.25, -0.2) is 0 Å². The highest BCUT2D eigenvalue weighted by Gasteiger charge is 2.10. The molecule has 0 spiro atoms. The van der Waals surface area contributed by atoms with Gasteiger partial charge in [-0.15, -0.1) is 0 Å². The molecule has 2 rings (SSSR count). The minimum absolute atomic E-state index is 0.615. The Balaban J connectivity index is 2.98. The standard InChI is InChI=1S/C11H8BrCl2N/c1-5-6(2)15-11-8(10(5)14)3-7(12)4-9(11)13/h3-4H,1-2H3. The molecule has 0 saturated heterocycles. The van der Waals surface area contributed by atoms with Crippen LogP contribution >= 0.6 is 39.1 Å². The third kappa shape index (κ3) is 1.86. The Labute approximate surface area is 107 Å². The van der Waals surface area contributed by atoms with Gasteiger partial charge in [-0.1, -0.05) is 39.1 Å². The van der Waals surface area contributed by atoms with Crippen molar-refractivity contribution in [3.63, 3.8) is 0 Å². The molecule has 4 heteroatoms. The zero-order valence-electron chi connectivity index (χ0n) is 8.24. The highest BCUT2D eigenvalue weighted by atomic mass is 79.9. The van der Waals surface area contributed by atoms with Gasteiger partial charge in [-0.05, 0) is 31.5 Å². The number of nitrogens with zero attached hydrogens (tertiary/aromatic N) is 1. The molecule has 1 aromatic carbocycles. The third-order valence-corrected chi connectivity index (χ3v) is 3.65. The maximum absolute atomic E-state index is 6.26. The lowest BCUT2D eigenvalue weighted by Crippen LogP contribution is -1.91. The van der Waals surface area contributed by atoms with Gasteiger partial charge in [-0.2, -0.15) is 0 Å². The number of aromatic nitrogens is 1. The highest BCUT2D eigenvalue weighted by Crippen LogP contribution is 2.33. The van der Waals surface area contributed by atoms with Crippen LogP contribution in [0, 0.1) is 13.8 Å². The normalized spacial score (nSPS) is 11.0. The lowest BCUT2D eigenvalue weighted by molar-refractivity contribution is 1.20. The summed E-state index contributed by atoms with van der Waals surface area (Å²) >= 11 is 15.8. The molecule has 2 aromatic rings. The lowest BCUT2D eigenvalue weighted by Gasteiger charge is -2.08. The minimum atomic E-state index is 0.615. The van der Waals surface area contributed by atoms with E-state index >= 15 is 0 Å². The van der Waals surface area contributed by atoms with E-state index in [1.165, 1.54) is 0 Å². The molecular weight excluding hydrogens is 297 g/mol. The van der Waals surface area contributed by atoms with Crippen LogP contribution in [0.5, 0.6) is 0 Å². The smallest absolute Gasteiger partial charge is 0.0907 e. The van der Waals surface area contributed by atoms with Crippen LogP contribution in [0.1, 0.15) is 11.3 Å². The van der Waals surface area contributed by atoms with Crippen molar-refractivity contribution in [1.82, 2.24) is 4.98 Å². The van der Waals surface area contributed by atoms with Crippen molar-refractivity contribution in [3.8, 4) is 0 Å². The fourth-order valence-electron chi connectivity index (χ4n) is 1.46. The summed E-state index contributed by atoms with van der Waals surface area (Å²) in [5, 5.41) is 2.23. The number of halogens is 3. The fourth-order valence-corrected chi connectivity index (χ4v) is 2.59. The number of rotatable bonds is 0. The van der Waals surface area contributed by atoms with Crippen molar-refractivity contribution in [2.75, 3.05) is 0 Å². The van der Waals surface area contributed by atoms with Crippen molar-refractivity contribution in [2.24, 2.45) is 0 Å². The molecule has 1 heterocycles. The van der Waals surface area contributed by atoms with Crippen LogP contribution in [-0.4, -0.2) is 4.98 Å². The first-order chi connectivity index (χ1) is 7.00. The Hall–Kier alpha value is -0.310. The van der Waals surface area contributed by atoms with Crippen LogP contribution in [-0.2, 0) is 0 Å². The van der Waals surface area contributed by atoms with E-state index in [4.69, 9.17) is 23.2 Å². The summed E-state index contributed by atoms with van der Waals surface area (Å²) in [7, 11) is 0.